The fourth-order valence-corrected chi connectivity index (χ4v) is 1.36. The van der Waals surface area contributed by atoms with Gasteiger partial charge in [0.2, 0.25) is 0 Å². The molecule has 1 unspecified atom stereocenters. The molecule has 49 valence electrons. The van der Waals surface area contributed by atoms with Crippen molar-refractivity contribution in [2.24, 2.45) is 0 Å². The Morgan fingerprint density at radius 1 is 1.50 bits per heavy atom. The van der Waals surface area contributed by atoms with Crippen molar-refractivity contribution >= 4 is 22.8 Å². The molecule has 0 aliphatic rings. The highest BCUT2D eigenvalue weighted by molar-refractivity contribution is 7.91. The minimum Gasteiger partial charge on any atom is -0.616 e. The number of hydrogen-bond donors (Lipinski definition) is 0. The summed E-state index contributed by atoms with van der Waals surface area (Å²) in [6, 6.07) is 0. The van der Waals surface area contributed by atoms with Crippen LogP contribution in [0.25, 0.3) is 0 Å². The molecule has 0 rings (SSSR count). The molecule has 0 bridgehead atoms. The van der Waals surface area contributed by atoms with Crippen LogP contribution in [0, 0.1) is 0 Å². The number of rotatable bonds is 4. The fraction of sp³-hybridized carbons (Fsp3) is 1.00. The topological polar surface area (TPSA) is 43.0 Å². The Bertz CT molecular complexity index is 47.3. The lowest BCUT2D eigenvalue weighted by atomic mass is 10.9. The Morgan fingerprint density at radius 2 is 2.12 bits per heavy atom. The van der Waals surface area contributed by atoms with E-state index in [0.29, 0.717) is 11.6 Å². The highest BCUT2D eigenvalue weighted by Crippen LogP contribution is 1.90. The second-order valence-corrected chi connectivity index (χ2v) is 3.32. The molecule has 0 fully saturated rings. The van der Waals surface area contributed by atoms with Gasteiger partial charge in [-0.3, -0.25) is 0 Å². The molecule has 0 saturated heterocycles. The third-order valence-corrected chi connectivity index (χ3v) is 2.31. The second-order valence-electron chi connectivity index (χ2n) is 1.24. The normalized spacial score (nSPS) is 13.9. The largest absolute Gasteiger partial charge is 0.616 e. The molecule has 0 saturated carbocycles. The molecule has 0 aromatic rings. The van der Waals surface area contributed by atoms with E-state index in [1.807, 2.05) is 0 Å². The number of alkyl halides is 1. The minimum absolute atomic E-state index is 0.243. The van der Waals surface area contributed by atoms with Crippen molar-refractivity contribution in [1.29, 1.82) is 0 Å². The van der Waals surface area contributed by atoms with Gasteiger partial charge in [0, 0.05) is 0 Å². The summed E-state index contributed by atoms with van der Waals surface area (Å²) in [6.45, 7) is -0.260. The zero-order valence-corrected chi connectivity index (χ0v) is 6.00. The van der Waals surface area contributed by atoms with Crippen LogP contribution in [0.1, 0.15) is 0 Å². The van der Waals surface area contributed by atoms with Gasteiger partial charge in [0.15, 0.2) is 0 Å². The van der Waals surface area contributed by atoms with Gasteiger partial charge in [0.25, 0.3) is 0 Å². The van der Waals surface area contributed by atoms with Crippen LogP contribution >= 0.6 is 11.6 Å². The maximum absolute atomic E-state index is 10.5. The quantitative estimate of drug-likeness (QED) is 0.428. The van der Waals surface area contributed by atoms with Gasteiger partial charge in [0.1, 0.15) is 18.1 Å². The van der Waals surface area contributed by atoms with Crippen molar-refractivity contribution in [2.45, 2.75) is 0 Å². The van der Waals surface area contributed by atoms with E-state index < -0.39 is 11.2 Å². The first kappa shape index (κ1) is 8.56. The van der Waals surface area contributed by atoms with Gasteiger partial charge in [0.05, 0.1) is 5.88 Å². The molecule has 2 nitrogen and oxygen atoms in total. The van der Waals surface area contributed by atoms with Gasteiger partial charge in [-0.05, 0) is 0 Å². The van der Waals surface area contributed by atoms with E-state index in [4.69, 9.17) is 11.6 Å². The number of hydrogen-bond acceptors (Lipinski definition) is 1. The summed E-state index contributed by atoms with van der Waals surface area (Å²) >= 11 is 4.27. The van der Waals surface area contributed by atoms with E-state index >= 15 is 0 Å². The Balaban J connectivity index is 2.92. The van der Waals surface area contributed by atoms with Crippen LogP contribution in [0.15, 0.2) is 0 Å². The van der Waals surface area contributed by atoms with Gasteiger partial charge < -0.3 is 4.55 Å². The molecule has 0 aromatic heterocycles. The summed E-state index contributed by atoms with van der Waals surface area (Å²) in [4.78, 5) is 0. The van der Waals surface area contributed by atoms with Crippen molar-refractivity contribution in [2.75, 3.05) is 24.0 Å². The van der Waals surface area contributed by atoms with E-state index in [1.54, 1.807) is 0 Å². The minimum atomic E-state index is -0.965. The van der Waals surface area contributed by atoms with E-state index in [-0.39, 0.29) is 12.4 Å². The first-order valence-corrected chi connectivity index (χ1v) is 4.32. The molecule has 0 amide bonds. The van der Waals surface area contributed by atoms with Crippen LogP contribution in [0.3, 0.4) is 0 Å². The monoisotopic (exact) mass is 155 g/mol. The molecule has 0 spiro atoms. The fourth-order valence-electron chi connectivity index (χ4n) is 0.281. The zero-order valence-electron chi connectivity index (χ0n) is 4.43. The molecule has 1 atom stereocenters. The third-order valence-electron chi connectivity index (χ3n) is 0.616. The zero-order chi connectivity index (χ0) is 6.41. The van der Waals surface area contributed by atoms with Gasteiger partial charge >= 0.3 is 0 Å². The molecule has 0 aliphatic heterocycles. The lowest BCUT2D eigenvalue weighted by molar-refractivity contribution is 0.213. The van der Waals surface area contributed by atoms with Crippen molar-refractivity contribution in [3.8, 4) is 0 Å². The maximum Gasteiger partial charge on any atom is 0.132 e. The SMILES string of the molecule is [O]CC[S+]([O-])CCCl. The Kier molecular flexibility index (Phi) is 6.09. The molecule has 0 aromatic carbocycles. The highest BCUT2D eigenvalue weighted by Gasteiger charge is 2.01. The third kappa shape index (κ3) is 4.71. The average molecular weight is 156 g/mol. The average Bonchev–Trinajstić information content (AvgIpc) is 1.68. The van der Waals surface area contributed by atoms with Crippen LogP contribution in [0.2, 0.25) is 0 Å². The molecule has 4 heteroatoms. The number of halogens is 1. The lowest BCUT2D eigenvalue weighted by Gasteiger charge is -2.04. The second kappa shape index (κ2) is 5.69. The van der Waals surface area contributed by atoms with Crippen LogP contribution in [0.5, 0.6) is 0 Å². The maximum atomic E-state index is 10.5. The molecule has 0 aliphatic carbocycles. The summed E-state index contributed by atoms with van der Waals surface area (Å²) in [5.41, 5.74) is 0. The summed E-state index contributed by atoms with van der Waals surface area (Å²) in [7, 11) is 0. The summed E-state index contributed by atoms with van der Waals surface area (Å²) in [5.74, 6) is 1.07. The van der Waals surface area contributed by atoms with E-state index in [0.717, 1.165) is 0 Å². The van der Waals surface area contributed by atoms with Crippen LogP contribution in [-0.2, 0) is 16.3 Å². The molecule has 0 N–H and O–H groups in total. The molecular formula is C4H8ClO2S. The lowest BCUT2D eigenvalue weighted by Crippen LogP contribution is -2.13. The van der Waals surface area contributed by atoms with Crippen LogP contribution in [-0.4, -0.2) is 28.5 Å². The van der Waals surface area contributed by atoms with Crippen molar-refractivity contribution in [1.82, 2.24) is 0 Å². The summed E-state index contributed by atoms with van der Waals surface area (Å²) in [6.07, 6.45) is 0. The van der Waals surface area contributed by atoms with E-state index in [9.17, 15) is 9.66 Å². The van der Waals surface area contributed by atoms with Crippen LogP contribution < -0.4 is 0 Å². The summed E-state index contributed by atoms with van der Waals surface area (Å²) in [5, 5.41) is 9.78. The van der Waals surface area contributed by atoms with E-state index in [1.165, 1.54) is 0 Å². The molecular weight excluding hydrogens is 148 g/mol. The summed E-state index contributed by atoms with van der Waals surface area (Å²) < 4.78 is 10.5. The van der Waals surface area contributed by atoms with Gasteiger partial charge in [-0.25, -0.2) is 5.11 Å². The van der Waals surface area contributed by atoms with Gasteiger partial charge in [-0.1, -0.05) is 11.2 Å². The van der Waals surface area contributed by atoms with Gasteiger partial charge in [-0.2, -0.15) is 0 Å². The molecule has 0 heterocycles. The first-order valence-electron chi connectivity index (χ1n) is 2.30. The predicted octanol–water partition coefficient (Wildman–Crippen LogP) is 0.404. The highest BCUT2D eigenvalue weighted by atomic mass is 35.5. The smallest absolute Gasteiger partial charge is 0.132 e. The predicted molar refractivity (Wildman–Crippen MR) is 34.1 cm³/mol. The van der Waals surface area contributed by atoms with Crippen molar-refractivity contribution in [3.63, 3.8) is 0 Å². The first-order chi connectivity index (χ1) is 3.81. The van der Waals surface area contributed by atoms with Gasteiger partial charge in [-0.15, -0.1) is 11.6 Å². The Hall–Kier alpha value is 0.560. The van der Waals surface area contributed by atoms with Crippen molar-refractivity contribution < 1.29 is 9.66 Å². The molecule has 1 radical (unpaired) electrons. The van der Waals surface area contributed by atoms with Crippen LogP contribution in [0.4, 0.5) is 0 Å². The van der Waals surface area contributed by atoms with Crippen molar-refractivity contribution in [3.05, 3.63) is 0 Å². The molecule has 8 heavy (non-hydrogen) atoms. The Labute approximate surface area is 57.0 Å². The standard InChI is InChI=1S/C4H8ClO2S/c5-1-3-8(7)4-2-6/h1-4H2. The van der Waals surface area contributed by atoms with E-state index in [2.05, 4.69) is 0 Å². The Morgan fingerprint density at radius 3 is 2.50 bits per heavy atom.